The van der Waals surface area contributed by atoms with Gasteiger partial charge in [-0.05, 0) is 34.1 Å². The molecule has 1 atom stereocenters. The maximum Gasteiger partial charge on any atom is 0.420 e. The van der Waals surface area contributed by atoms with Gasteiger partial charge in [0.1, 0.15) is 12.2 Å². The van der Waals surface area contributed by atoms with Crippen LogP contribution >= 0.6 is 0 Å². The minimum absolute atomic E-state index is 0.0701. The van der Waals surface area contributed by atoms with Gasteiger partial charge in [-0.1, -0.05) is 45.3 Å². The van der Waals surface area contributed by atoms with Crippen molar-refractivity contribution in [3.8, 4) is 0 Å². The minimum Gasteiger partial charge on any atom is -0.445 e. The molecule has 5 nitrogen and oxygen atoms in total. The van der Waals surface area contributed by atoms with Crippen LogP contribution in [0.4, 0.5) is 9.59 Å². The van der Waals surface area contributed by atoms with E-state index in [2.05, 4.69) is 13.5 Å². The molecule has 0 saturated heterocycles. The summed E-state index contributed by atoms with van der Waals surface area (Å²) in [6.45, 7) is 12.9. The Kier molecular flexibility index (Phi) is 9.54. The van der Waals surface area contributed by atoms with Crippen molar-refractivity contribution in [1.82, 2.24) is 4.90 Å². The van der Waals surface area contributed by atoms with E-state index >= 15 is 0 Å². The molecule has 0 aliphatic heterocycles. The van der Waals surface area contributed by atoms with Crippen molar-refractivity contribution in [2.45, 2.75) is 78.4 Å². The summed E-state index contributed by atoms with van der Waals surface area (Å²) in [5, 5.41) is 0. The molecule has 0 aromatic heterocycles. The number of unbranched alkanes of at least 4 members (excludes halogenated alkanes) is 3. The van der Waals surface area contributed by atoms with E-state index in [0.717, 1.165) is 37.0 Å². The second kappa shape index (κ2) is 10.2. The zero-order valence-electron chi connectivity index (χ0n) is 14.7. The SMILES string of the molecule is C=CCOC(=O)N(C(=O)OC(C)(C)C)C(C)CCCCCC. The molecule has 0 heterocycles. The van der Waals surface area contributed by atoms with E-state index in [1.165, 1.54) is 6.08 Å². The topological polar surface area (TPSA) is 55.8 Å². The third-order valence-electron chi connectivity index (χ3n) is 3.03. The Morgan fingerprint density at radius 1 is 1.18 bits per heavy atom. The first-order valence-electron chi connectivity index (χ1n) is 8.02. The number of hydrogen-bond donors (Lipinski definition) is 0. The van der Waals surface area contributed by atoms with E-state index < -0.39 is 17.8 Å². The molecule has 128 valence electrons. The van der Waals surface area contributed by atoms with Gasteiger partial charge < -0.3 is 9.47 Å². The number of carbonyl (C=O) groups is 2. The molecule has 0 spiro atoms. The number of rotatable bonds is 8. The normalized spacial score (nSPS) is 12.4. The van der Waals surface area contributed by atoms with E-state index in [4.69, 9.17) is 9.47 Å². The van der Waals surface area contributed by atoms with Gasteiger partial charge in [0.25, 0.3) is 0 Å². The first-order chi connectivity index (χ1) is 10.2. The molecule has 0 aromatic rings. The van der Waals surface area contributed by atoms with Crippen molar-refractivity contribution in [1.29, 1.82) is 0 Å². The fraction of sp³-hybridized carbons (Fsp3) is 0.765. The van der Waals surface area contributed by atoms with Gasteiger partial charge in [0, 0.05) is 6.04 Å². The molecule has 0 fully saturated rings. The second-order valence-electron chi connectivity index (χ2n) is 6.41. The van der Waals surface area contributed by atoms with Crippen LogP contribution in [-0.4, -0.2) is 35.3 Å². The molecule has 0 aromatic carbocycles. The molecule has 1 unspecified atom stereocenters. The van der Waals surface area contributed by atoms with Gasteiger partial charge in [-0.15, -0.1) is 0 Å². The van der Waals surface area contributed by atoms with Crippen molar-refractivity contribution >= 4 is 12.2 Å². The molecular weight excluding hydrogens is 282 g/mol. The summed E-state index contributed by atoms with van der Waals surface area (Å²) in [6, 6.07) is -0.260. The Labute approximate surface area is 134 Å². The van der Waals surface area contributed by atoms with Crippen LogP contribution < -0.4 is 0 Å². The quantitative estimate of drug-likeness (QED) is 0.472. The van der Waals surface area contributed by atoms with E-state index in [1.807, 2.05) is 6.92 Å². The van der Waals surface area contributed by atoms with Crippen LogP contribution in [0.5, 0.6) is 0 Å². The average molecular weight is 313 g/mol. The molecule has 2 amide bonds. The highest BCUT2D eigenvalue weighted by molar-refractivity contribution is 5.88. The van der Waals surface area contributed by atoms with Crippen LogP contribution in [0, 0.1) is 0 Å². The predicted molar refractivity (Wildman–Crippen MR) is 87.8 cm³/mol. The summed E-state index contributed by atoms with van der Waals surface area (Å²) in [5.41, 5.74) is -0.657. The van der Waals surface area contributed by atoms with Gasteiger partial charge in [-0.3, -0.25) is 0 Å². The van der Waals surface area contributed by atoms with Crippen molar-refractivity contribution in [3.05, 3.63) is 12.7 Å². The molecule has 5 heteroatoms. The maximum absolute atomic E-state index is 12.3. The third kappa shape index (κ3) is 8.70. The Morgan fingerprint density at radius 3 is 2.32 bits per heavy atom. The molecule has 0 rings (SSSR count). The zero-order chi connectivity index (χ0) is 17.2. The number of hydrogen-bond acceptors (Lipinski definition) is 4. The lowest BCUT2D eigenvalue weighted by Crippen LogP contribution is -2.46. The number of amides is 2. The van der Waals surface area contributed by atoms with Crippen LogP contribution in [0.1, 0.15) is 66.7 Å². The fourth-order valence-corrected chi connectivity index (χ4v) is 1.94. The van der Waals surface area contributed by atoms with E-state index in [9.17, 15) is 9.59 Å². The molecular formula is C17H31NO4. The molecule has 22 heavy (non-hydrogen) atoms. The summed E-state index contributed by atoms with van der Waals surface area (Å²) in [6.07, 6.45) is 5.21. The van der Waals surface area contributed by atoms with Gasteiger partial charge in [0.2, 0.25) is 0 Å². The Morgan fingerprint density at radius 2 is 1.82 bits per heavy atom. The maximum atomic E-state index is 12.3. The molecule has 0 radical (unpaired) electrons. The Bertz CT molecular complexity index is 360. The summed E-state index contributed by atoms with van der Waals surface area (Å²) < 4.78 is 10.3. The van der Waals surface area contributed by atoms with E-state index in [1.54, 1.807) is 20.8 Å². The summed E-state index contributed by atoms with van der Waals surface area (Å²) >= 11 is 0. The standard InChI is InChI=1S/C17H31NO4/c1-7-9-10-11-12-14(3)18(15(19)21-13-8-2)16(20)22-17(4,5)6/h8,14H,2,7,9-13H2,1,3-6H3. The summed E-state index contributed by atoms with van der Waals surface area (Å²) in [5.74, 6) is 0. The smallest absolute Gasteiger partial charge is 0.420 e. The van der Waals surface area contributed by atoms with Crippen LogP contribution in [0.25, 0.3) is 0 Å². The third-order valence-corrected chi connectivity index (χ3v) is 3.03. The highest BCUT2D eigenvalue weighted by Crippen LogP contribution is 2.17. The van der Waals surface area contributed by atoms with Gasteiger partial charge in [0.05, 0.1) is 0 Å². The first kappa shape index (κ1) is 20.5. The Balaban J connectivity index is 4.79. The van der Waals surface area contributed by atoms with Crippen LogP contribution in [0.2, 0.25) is 0 Å². The fourth-order valence-electron chi connectivity index (χ4n) is 1.94. The largest absolute Gasteiger partial charge is 0.445 e. The Hall–Kier alpha value is -1.52. The lowest BCUT2D eigenvalue weighted by molar-refractivity contribution is 0.0154. The highest BCUT2D eigenvalue weighted by atomic mass is 16.6. The highest BCUT2D eigenvalue weighted by Gasteiger charge is 2.32. The lowest BCUT2D eigenvalue weighted by Gasteiger charge is -2.29. The average Bonchev–Trinajstić information content (AvgIpc) is 2.39. The molecule has 0 saturated carbocycles. The molecule has 0 aliphatic carbocycles. The monoisotopic (exact) mass is 313 g/mol. The van der Waals surface area contributed by atoms with Gasteiger partial charge in [-0.2, -0.15) is 0 Å². The van der Waals surface area contributed by atoms with Crippen molar-refractivity contribution in [3.63, 3.8) is 0 Å². The van der Waals surface area contributed by atoms with Crippen LogP contribution in [0.15, 0.2) is 12.7 Å². The van der Waals surface area contributed by atoms with Gasteiger partial charge >= 0.3 is 12.2 Å². The summed E-state index contributed by atoms with van der Waals surface area (Å²) in [4.78, 5) is 25.5. The minimum atomic E-state index is -0.683. The predicted octanol–water partition coefficient (Wildman–Crippen LogP) is 4.91. The lowest BCUT2D eigenvalue weighted by atomic mass is 10.1. The molecule has 0 N–H and O–H groups in total. The zero-order valence-corrected chi connectivity index (χ0v) is 14.7. The van der Waals surface area contributed by atoms with Crippen LogP contribution in [-0.2, 0) is 9.47 Å². The van der Waals surface area contributed by atoms with Gasteiger partial charge in [-0.25, -0.2) is 14.5 Å². The van der Waals surface area contributed by atoms with E-state index in [-0.39, 0.29) is 12.6 Å². The number of carbonyl (C=O) groups excluding carboxylic acids is 2. The first-order valence-corrected chi connectivity index (χ1v) is 8.02. The number of imide groups is 1. The number of ether oxygens (including phenoxy) is 2. The van der Waals surface area contributed by atoms with Crippen molar-refractivity contribution in [2.75, 3.05) is 6.61 Å². The van der Waals surface area contributed by atoms with Gasteiger partial charge in [0.15, 0.2) is 0 Å². The van der Waals surface area contributed by atoms with Crippen molar-refractivity contribution < 1.29 is 19.1 Å². The summed E-state index contributed by atoms with van der Waals surface area (Å²) in [7, 11) is 0. The van der Waals surface area contributed by atoms with Crippen molar-refractivity contribution in [2.24, 2.45) is 0 Å². The molecule has 0 aliphatic rings. The molecule has 0 bridgehead atoms. The van der Waals surface area contributed by atoms with Crippen LogP contribution in [0.3, 0.4) is 0 Å². The second-order valence-corrected chi connectivity index (χ2v) is 6.41. The van der Waals surface area contributed by atoms with E-state index in [0.29, 0.717) is 0 Å². The number of nitrogens with zero attached hydrogens (tertiary/aromatic N) is 1.